The molecule has 0 saturated heterocycles. The van der Waals surface area contributed by atoms with E-state index in [4.69, 9.17) is 9.72 Å². The van der Waals surface area contributed by atoms with E-state index >= 15 is 0 Å². The summed E-state index contributed by atoms with van der Waals surface area (Å²) in [5, 5.41) is 1.31. The van der Waals surface area contributed by atoms with Crippen molar-refractivity contribution >= 4 is 39.3 Å². The molecule has 29 heavy (non-hydrogen) atoms. The number of carbonyl (C=O) groups excluding carboxylic acids is 1. The van der Waals surface area contributed by atoms with Gasteiger partial charge < -0.3 is 9.64 Å². The van der Waals surface area contributed by atoms with Gasteiger partial charge in [-0.3, -0.25) is 14.2 Å². The Hall–Kier alpha value is -2.16. The Morgan fingerprint density at radius 3 is 2.86 bits per heavy atom. The second-order valence-electron chi connectivity index (χ2n) is 7.04. The van der Waals surface area contributed by atoms with E-state index < -0.39 is 0 Å². The quantitative estimate of drug-likeness (QED) is 0.341. The number of hydrogen-bond donors (Lipinski definition) is 0. The van der Waals surface area contributed by atoms with E-state index in [2.05, 4.69) is 11.9 Å². The number of hydrogen-bond acceptors (Lipinski definition) is 7. The highest BCUT2D eigenvalue weighted by Crippen LogP contribution is 2.33. The van der Waals surface area contributed by atoms with Gasteiger partial charge in [-0.05, 0) is 31.5 Å². The van der Waals surface area contributed by atoms with Crippen molar-refractivity contribution in [1.29, 1.82) is 0 Å². The Morgan fingerprint density at radius 1 is 1.31 bits per heavy atom. The first kappa shape index (κ1) is 20.1. The lowest BCUT2D eigenvalue weighted by molar-refractivity contribution is -0.139. The number of fused-ring (bicyclic) bond motifs is 3. The van der Waals surface area contributed by atoms with Gasteiger partial charge >= 0.3 is 5.97 Å². The van der Waals surface area contributed by atoms with Gasteiger partial charge in [-0.15, -0.1) is 11.3 Å². The maximum absolute atomic E-state index is 13.5. The van der Waals surface area contributed by atoms with Crippen molar-refractivity contribution in [3.8, 4) is 0 Å². The maximum atomic E-state index is 13.5. The zero-order chi connectivity index (χ0) is 20.4. The van der Waals surface area contributed by atoms with Gasteiger partial charge in [0.15, 0.2) is 5.16 Å². The molecule has 8 heteroatoms. The number of aromatic nitrogens is 2. The lowest BCUT2D eigenvalue weighted by Gasteiger charge is -2.21. The fourth-order valence-electron chi connectivity index (χ4n) is 3.53. The molecule has 0 fully saturated rings. The van der Waals surface area contributed by atoms with Crippen molar-refractivity contribution in [3.63, 3.8) is 0 Å². The van der Waals surface area contributed by atoms with Crippen LogP contribution in [0.5, 0.6) is 0 Å². The van der Waals surface area contributed by atoms with Crippen LogP contribution < -0.4 is 5.56 Å². The fraction of sp³-hybridized carbons (Fsp3) is 0.381. The SMILES string of the molecule is CCOC(=O)CSc1nc2sc3c(c2c(=O)n1Cc1ccccc1)CCN(C)C3. The highest BCUT2D eigenvalue weighted by molar-refractivity contribution is 7.99. The van der Waals surface area contributed by atoms with Gasteiger partial charge in [-0.2, -0.15) is 0 Å². The summed E-state index contributed by atoms with van der Waals surface area (Å²) < 4.78 is 6.74. The van der Waals surface area contributed by atoms with Crippen LogP contribution in [0.1, 0.15) is 22.9 Å². The summed E-state index contributed by atoms with van der Waals surface area (Å²) in [7, 11) is 2.09. The van der Waals surface area contributed by atoms with Crippen LogP contribution in [0, 0.1) is 0 Å². The maximum Gasteiger partial charge on any atom is 0.316 e. The highest BCUT2D eigenvalue weighted by Gasteiger charge is 2.24. The molecule has 1 aliphatic rings. The first-order valence-electron chi connectivity index (χ1n) is 9.62. The third-order valence-electron chi connectivity index (χ3n) is 4.92. The minimum absolute atomic E-state index is 0.0211. The molecule has 3 aromatic rings. The normalized spacial score (nSPS) is 14.1. The molecule has 1 aromatic carbocycles. The van der Waals surface area contributed by atoms with E-state index in [1.54, 1.807) is 22.8 Å². The predicted octanol–water partition coefficient (Wildman–Crippen LogP) is 3.15. The average Bonchev–Trinajstić information content (AvgIpc) is 3.07. The van der Waals surface area contributed by atoms with Crippen LogP contribution in [0.15, 0.2) is 40.3 Å². The minimum atomic E-state index is -0.301. The molecule has 0 N–H and O–H groups in total. The predicted molar refractivity (Wildman–Crippen MR) is 117 cm³/mol. The van der Waals surface area contributed by atoms with E-state index in [1.165, 1.54) is 16.6 Å². The molecular formula is C21H23N3O3S2. The molecule has 2 aromatic heterocycles. The number of carbonyl (C=O) groups is 1. The van der Waals surface area contributed by atoms with Crippen LogP contribution in [-0.4, -0.2) is 46.4 Å². The summed E-state index contributed by atoms with van der Waals surface area (Å²) in [5.74, 6) is -0.167. The summed E-state index contributed by atoms with van der Waals surface area (Å²) in [6, 6.07) is 9.86. The zero-order valence-corrected chi connectivity index (χ0v) is 18.1. The van der Waals surface area contributed by atoms with Crippen molar-refractivity contribution in [2.24, 2.45) is 0 Å². The van der Waals surface area contributed by atoms with Gasteiger partial charge in [-0.25, -0.2) is 4.98 Å². The number of thioether (sulfide) groups is 1. The van der Waals surface area contributed by atoms with E-state index in [0.29, 0.717) is 18.3 Å². The molecule has 0 unspecified atom stereocenters. The Labute approximate surface area is 177 Å². The molecule has 0 aliphatic carbocycles. The van der Waals surface area contributed by atoms with E-state index in [0.717, 1.165) is 40.9 Å². The molecule has 152 valence electrons. The average molecular weight is 430 g/mol. The van der Waals surface area contributed by atoms with Gasteiger partial charge in [-0.1, -0.05) is 42.1 Å². The smallest absolute Gasteiger partial charge is 0.316 e. The molecule has 0 radical (unpaired) electrons. The van der Waals surface area contributed by atoms with Crippen LogP contribution in [0.2, 0.25) is 0 Å². The third kappa shape index (κ3) is 4.24. The van der Waals surface area contributed by atoms with Crippen LogP contribution >= 0.6 is 23.1 Å². The largest absolute Gasteiger partial charge is 0.465 e. The first-order chi connectivity index (χ1) is 14.1. The molecule has 0 amide bonds. The number of ether oxygens (including phenoxy) is 1. The molecule has 3 heterocycles. The molecule has 0 saturated carbocycles. The molecular weight excluding hydrogens is 406 g/mol. The number of benzene rings is 1. The Balaban J connectivity index is 1.79. The highest BCUT2D eigenvalue weighted by atomic mass is 32.2. The fourth-order valence-corrected chi connectivity index (χ4v) is 5.66. The van der Waals surface area contributed by atoms with Gasteiger partial charge in [0.2, 0.25) is 0 Å². The van der Waals surface area contributed by atoms with Gasteiger partial charge in [0, 0.05) is 18.0 Å². The Morgan fingerprint density at radius 2 is 2.10 bits per heavy atom. The van der Waals surface area contributed by atoms with Crippen molar-refractivity contribution in [2.45, 2.75) is 31.6 Å². The lowest BCUT2D eigenvalue weighted by atomic mass is 10.1. The number of likely N-dealkylation sites (N-methyl/N-ethyl adjacent to an activating group) is 1. The van der Waals surface area contributed by atoms with E-state index in [-0.39, 0.29) is 17.3 Å². The molecule has 6 nitrogen and oxygen atoms in total. The number of nitrogens with zero attached hydrogens (tertiary/aromatic N) is 3. The molecule has 1 aliphatic heterocycles. The van der Waals surface area contributed by atoms with E-state index in [1.807, 2.05) is 30.3 Å². The van der Waals surface area contributed by atoms with Crippen molar-refractivity contribution in [2.75, 3.05) is 26.0 Å². The van der Waals surface area contributed by atoms with Crippen LogP contribution in [0.25, 0.3) is 10.2 Å². The standard InChI is InChI=1S/C21H23N3O3S2/c1-3-27-17(25)13-28-21-22-19-18(15-9-10-23(2)12-16(15)29-19)20(26)24(21)11-14-7-5-4-6-8-14/h4-8H,3,9-13H2,1-2H3. The molecule has 4 rings (SSSR count). The monoisotopic (exact) mass is 429 g/mol. The third-order valence-corrected chi connectivity index (χ3v) is 6.98. The molecule has 0 atom stereocenters. The summed E-state index contributed by atoms with van der Waals surface area (Å²) in [5.41, 5.74) is 2.15. The number of rotatable bonds is 6. The van der Waals surface area contributed by atoms with E-state index in [9.17, 15) is 9.59 Å². The summed E-state index contributed by atoms with van der Waals surface area (Å²) in [4.78, 5) is 34.5. The second kappa shape index (κ2) is 8.69. The molecule has 0 bridgehead atoms. The van der Waals surface area contributed by atoms with Gasteiger partial charge in [0.1, 0.15) is 4.83 Å². The Kier molecular flexibility index (Phi) is 6.03. The number of esters is 1. The van der Waals surface area contributed by atoms with Gasteiger partial charge in [0.25, 0.3) is 5.56 Å². The lowest BCUT2D eigenvalue weighted by Crippen LogP contribution is -2.28. The molecule has 0 spiro atoms. The topological polar surface area (TPSA) is 64.4 Å². The van der Waals surface area contributed by atoms with Crippen molar-refractivity contribution in [1.82, 2.24) is 14.5 Å². The Bertz CT molecular complexity index is 1090. The zero-order valence-electron chi connectivity index (χ0n) is 16.5. The van der Waals surface area contributed by atoms with Crippen LogP contribution in [0.4, 0.5) is 0 Å². The number of thiophene rings is 1. The van der Waals surface area contributed by atoms with Crippen LogP contribution in [-0.2, 0) is 29.0 Å². The first-order valence-corrected chi connectivity index (χ1v) is 11.4. The van der Waals surface area contributed by atoms with Gasteiger partial charge in [0.05, 0.1) is 24.3 Å². The summed E-state index contributed by atoms with van der Waals surface area (Å²) >= 11 is 2.86. The summed E-state index contributed by atoms with van der Waals surface area (Å²) in [6.45, 7) is 4.34. The van der Waals surface area contributed by atoms with Crippen molar-refractivity contribution in [3.05, 3.63) is 56.7 Å². The second-order valence-corrected chi connectivity index (χ2v) is 9.06. The van der Waals surface area contributed by atoms with Crippen LogP contribution in [0.3, 0.4) is 0 Å². The minimum Gasteiger partial charge on any atom is -0.465 e. The van der Waals surface area contributed by atoms with Crippen molar-refractivity contribution < 1.29 is 9.53 Å². The summed E-state index contributed by atoms with van der Waals surface area (Å²) in [6.07, 6.45) is 0.864.